The molecule has 3 aliphatic heterocycles. The first-order valence-electron chi connectivity index (χ1n) is 13.7. The van der Waals surface area contributed by atoms with Crippen LogP contribution in [0.3, 0.4) is 0 Å². The zero-order chi connectivity index (χ0) is 26.9. The highest BCUT2D eigenvalue weighted by Crippen LogP contribution is 2.59. The molecule has 4 rings (SSSR count). The Bertz CT molecular complexity index is 996. The molecule has 2 bridgehead atoms. The Morgan fingerprint density at radius 1 is 1.22 bits per heavy atom. The summed E-state index contributed by atoms with van der Waals surface area (Å²) in [5.41, 5.74) is 0.559. The maximum Gasteiger partial charge on any atom is 0.312 e. The van der Waals surface area contributed by atoms with Crippen molar-refractivity contribution in [3.8, 4) is 0 Å². The van der Waals surface area contributed by atoms with Crippen LogP contribution in [0, 0.1) is 17.8 Å². The molecule has 9 nitrogen and oxygen atoms in total. The number of nitrogens with zero attached hydrogens (tertiary/aromatic N) is 2. The third-order valence-corrected chi connectivity index (χ3v) is 8.65. The molecular formula is C28H41N3O6. The normalized spacial score (nSPS) is 29.7. The molecule has 7 atom stereocenters. The lowest BCUT2D eigenvalue weighted by atomic mass is 9.70. The number of nitrogens with one attached hydrogen (secondary N) is 1. The number of rotatable bonds is 11. The number of hydrogen-bond donors (Lipinski definition) is 2. The highest BCUT2D eigenvalue weighted by molar-refractivity contribution is 6.03. The number of amides is 2. The summed E-state index contributed by atoms with van der Waals surface area (Å²) >= 11 is 0. The summed E-state index contributed by atoms with van der Waals surface area (Å²) in [5, 5.41) is 13.4. The number of esters is 1. The van der Waals surface area contributed by atoms with Crippen LogP contribution in [0.25, 0.3) is 0 Å². The van der Waals surface area contributed by atoms with Gasteiger partial charge in [-0.2, -0.15) is 0 Å². The van der Waals surface area contributed by atoms with E-state index in [2.05, 4.69) is 24.1 Å². The number of fused-ring (bicyclic) bond motifs is 1. The molecule has 37 heavy (non-hydrogen) atoms. The van der Waals surface area contributed by atoms with Gasteiger partial charge in [0.1, 0.15) is 11.6 Å². The monoisotopic (exact) mass is 515 g/mol. The number of aliphatic hydroxyl groups excluding tert-OH is 1. The fourth-order valence-electron chi connectivity index (χ4n) is 6.62. The number of carbonyl (C=O) groups is 3. The highest BCUT2D eigenvalue weighted by Gasteiger charge is 2.75. The van der Waals surface area contributed by atoms with E-state index >= 15 is 0 Å². The molecule has 2 amide bonds. The number of likely N-dealkylation sites (tertiary alicyclic amines) is 1. The second-order valence-corrected chi connectivity index (χ2v) is 10.4. The molecule has 0 saturated carbocycles. The van der Waals surface area contributed by atoms with E-state index in [4.69, 9.17) is 9.47 Å². The zero-order valence-electron chi connectivity index (χ0n) is 22.6. The van der Waals surface area contributed by atoms with Gasteiger partial charge >= 0.3 is 5.97 Å². The summed E-state index contributed by atoms with van der Waals surface area (Å²) in [5.74, 6) is -2.72. The van der Waals surface area contributed by atoms with E-state index in [0.29, 0.717) is 18.5 Å². The fourth-order valence-corrected chi connectivity index (χ4v) is 6.62. The van der Waals surface area contributed by atoms with Crippen molar-refractivity contribution in [2.24, 2.45) is 17.8 Å². The topological polar surface area (TPSA) is 108 Å². The molecule has 3 saturated heterocycles. The van der Waals surface area contributed by atoms with Crippen molar-refractivity contribution in [2.75, 3.05) is 36.5 Å². The van der Waals surface area contributed by atoms with Gasteiger partial charge in [-0.15, -0.1) is 0 Å². The van der Waals surface area contributed by atoms with Crippen molar-refractivity contribution in [3.05, 3.63) is 24.3 Å². The van der Waals surface area contributed by atoms with Crippen molar-refractivity contribution in [1.82, 2.24) is 4.90 Å². The minimum absolute atomic E-state index is 0.0499. The van der Waals surface area contributed by atoms with Crippen LogP contribution in [0.2, 0.25) is 0 Å². The van der Waals surface area contributed by atoms with Gasteiger partial charge in [-0.05, 0) is 63.8 Å². The number of hydrogen-bond acceptors (Lipinski definition) is 7. The molecule has 0 unspecified atom stereocenters. The van der Waals surface area contributed by atoms with Crippen molar-refractivity contribution in [2.45, 2.75) is 77.7 Å². The molecule has 9 heteroatoms. The summed E-state index contributed by atoms with van der Waals surface area (Å²) in [6.07, 6.45) is 1.35. The number of aliphatic hydroxyl groups is 1. The van der Waals surface area contributed by atoms with Gasteiger partial charge in [0.2, 0.25) is 11.8 Å². The second kappa shape index (κ2) is 11.0. The van der Waals surface area contributed by atoms with Crippen molar-refractivity contribution in [3.63, 3.8) is 0 Å². The predicted molar refractivity (Wildman–Crippen MR) is 140 cm³/mol. The molecule has 1 spiro atoms. The Morgan fingerprint density at radius 3 is 2.46 bits per heavy atom. The number of benzene rings is 1. The van der Waals surface area contributed by atoms with E-state index in [1.54, 1.807) is 6.92 Å². The average molecular weight is 516 g/mol. The second-order valence-electron chi connectivity index (χ2n) is 10.4. The molecule has 3 fully saturated rings. The quantitative estimate of drug-likeness (QED) is 0.436. The van der Waals surface area contributed by atoms with E-state index in [9.17, 15) is 19.5 Å². The first kappa shape index (κ1) is 27.4. The first-order valence-corrected chi connectivity index (χ1v) is 13.7. The fraction of sp³-hybridized carbons (Fsp3) is 0.679. The van der Waals surface area contributed by atoms with Gasteiger partial charge in [0, 0.05) is 24.5 Å². The van der Waals surface area contributed by atoms with Crippen LogP contribution in [0.5, 0.6) is 0 Å². The zero-order valence-corrected chi connectivity index (χ0v) is 22.6. The Kier molecular flexibility index (Phi) is 8.14. The average Bonchev–Trinajstić information content (AvgIpc) is 3.54. The largest absolute Gasteiger partial charge is 0.466 e. The van der Waals surface area contributed by atoms with Gasteiger partial charge < -0.3 is 29.7 Å². The molecule has 3 aliphatic rings. The van der Waals surface area contributed by atoms with Crippen molar-refractivity contribution < 1.29 is 29.0 Å². The maximum absolute atomic E-state index is 14.0. The summed E-state index contributed by atoms with van der Waals surface area (Å²) in [6.45, 7) is 11.6. The number of carbonyl (C=O) groups excluding carboxylic acids is 3. The number of ether oxygens (including phenoxy) is 2. The Hall–Kier alpha value is -2.65. The van der Waals surface area contributed by atoms with E-state index in [0.717, 1.165) is 25.2 Å². The van der Waals surface area contributed by atoms with Gasteiger partial charge in [0.05, 0.1) is 37.2 Å². The van der Waals surface area contributed by atoms with Crippen LogP contribution < -0.4 is 10.2 Å². The van der Waals surface area contributed by atoms with Crippen LogP contribution in [-0.4, -0.2) is 77.9 Å². The third kappa shape index (κ3) is 4.50. The van der Waals surface area contributed by atoms with Crippen LogP contribution >= 0.6 is 0 Å². The van der Waals surface area contributed by atoms with Crippen molar-refractivity contribution in [1.29, 1.82) is 0 Å². The molecule has 0 aromatic heterocycles. The lowest BCUT2D eigenvalue weighted by Gasteiger charge is -2.38. The molecule has 1 aromatic carbocycles. The van der Waals surface area contributed by atoms with Crippen LogP contribution in [0.15, 0.2) is 24.3 Å². The van der Waals surface area contributed by atoms with Gasteiger partial charge in [-0.1, -0.05) is 20.3 Å². The minimum Gasteiger partial charge on any atom is -0.466 e. The Balaban J connectivity index is 1.69. The van der Waals surface area contributed by atoms with Crippen LogP contribution in [-0.2, 0) is 23.9 Å². The minimum atomic E-state index is -1.12. The van der Waals surface area contributed by atoms with Gasteiger partial charge in [0.25, 0.3) is 0 Å². The molecule has 2 N–H and O–H groups in total. The first-order chi connectivity index (χ1) is 17.8. The molecular weight excluding hydrogens is 474 g/mol. The van der Waals surface area contributed by atoms with Gasteiger partial charge in [0.15, 0.2) is 0 Å². The predicted octanol–water partition coefficient (Wildman–Crippen LogP) is 2.82. The van der Waals surface area contributed by atoms with E-state index in [-0.39, 0.29) is 30.9 Å². The summed E-state index contributed by atoms with van der Waals surface area (Å²) < 4.78 is 11.7. The molecule has 204 valence electrons. The van der Waals surface area contributed by atoms with E-state index < -0.39 is 41.6 Å². The molecule has 0 aliphatic carbocycles. The lowest BCUT2D eigenvalue weighted by Crippen LogP contribution is -2.57. The molecule has 1 aromatic rings. The standard InChI is InChI=1S/C28H41N3O6/c1-6-17(5)20(16-32)31-24(25(33)29-18-10-12-19(13-11-18)30(7-2)8-3)28-15-14-21(37-28)22(23(28)26(31)34)27(35)36-9-4/h10-13,17,20-24,32H,6-9,14-16H2,1-5H3,(H,29,33)/t17-,20-,21-,22+,23+,24-,28+/m0/s1. The SMILES string of the molecule is CCOC(=O)[C@@H]1[C@@H]2CC[C@]3(O2)[C@H](C(=O)Nc2ccc(N(CC)CC)cc2)N([C@@H](CO)[C@@H](C)CC)C(=O)[C@@H]13. The number of anilines is 2. The van der Waals surface area contributed by atoms with E-state index in [1.807, 2.05) is 38.1 Å². The molecule has 3 heterocycles. The van der Waals surface area contributed by atoms with E-state index in [1.165, 1.54) is 4.90 Å². The molecule has 0 radical (unpaired) electrons. The lowest BCUT2D eigenvalue weighted by molar-refractivity contribution is -0.155. The maximum atomic E-state index is 14.0. The van der Waals surface area contributed by atoms with Gasteiger partial charge in [-0.3, -0.25) is 14.4 Å². The van der Waals surface area contributed by atoms with Crippen LogP contribution in [0.4, 0.5) is 11.4 Å². The Labute approximate surface area is 219 Å². The highest BCUT2D eigenvalue weighted by atomic mass is 16.6. The smallest absolute Gasteiger partial charge is 0.312 e. The third-order valence-electron chi connectivity index (χ3n) is 8.65. The summed E-state index contributed by atoms with van der Waals surface area (Å²) in [7, 11) is 0. The van der Waals surface area contributed by atoms with Gasteiger partial charge in [-0.25, -0.2) is 0 Å². The summed E-state index contributed by atoms with van der Waals surface area (Å²) in [4.78, 5) is 44.6. The van der Waals surface area contributed by atoms with Crippen molar-refractivity contribution >= 4 is 29.2 Å². The summed E-state index contributed by atoms with van der Waals surface area (Å²) in [6, 6.07) is 6.12. The van der Waals surface area contributed by atoms with Crippen LogP contribution in [0.1, 0.15) is 53.9 Å². The Morgan fingerprint density at radius 2 is 1.89 bits per heavy atom.